The van der Waals surface area contributed by atoms with Crippen LogP contribution in [0.25, 0.3) is 0 Å². The van der Waals surface area contributed by atoms with Crippen LogP contribution in [0.15, 0.2) is 0 Å². The smallest absolute Gasteiger partial charge is 0.217 e. The molecule has 15 atom stereocenters. The Hall–Kier alpha value is -2.11. The van der Waals surface area contributed by atoms with Gasteiger partial charge in [0, 0.05) is 20.8 Å². The van der Waals surface area contributed by atoms with Crippen molar-refractivity contribution in [2.75, 3.05) is 19.8 Å². The van der Waals surface area contributed by atoms with Gasteiger partial charge in [-0.2, -0.15) is 0 Å². The molecule has 43 heavy (non-hydrogen) atoms. The van der Waals surface area contributed by atoms with E-state index in [0.29, 0.717) is 0 Å². The first-order valence-electron chi connectivity index (χ1n) is 13.5. The second kappa shape index (κ2) is 15.3. The zero-order valence-corrected chi connectivity index (χ0v) is 23.6. The lowest BCUT2D eigenvalue weighted by atomic mass is 9.93. The third-order valence-corrected chi connectivity index (χ3v) is 7.30. The molecular weight excluding hydrogens is 586 g/mol. The minimum absolute atomic E-state index is 0.628. The van der Waals surface area contributed by atoms with Crippen molar-refractivity contribution in [2.45, 2.75) is 113 Å². The van der Waals surface area contributed by atoms with Crippen molar-refractivity contribution < 1.29 is 78.9 Å². The minimum atomic E-state index is -1.77. The van der Waals surface area contributed by atoms with Gasteiger partial charge in [-0.05, 0) is 0 Å². The van der Waals surface area contributed by atoms with Crippen LogP contribution in [-0.4, -0.2) is 170 Å². The van der Waals surface area contributed by atoms with Gasteiger partial charge in [-0.15, -0.1) is 0 Å². The molecule has 3 fully saturated rings. The van der Waals surface area contributed by atoms with Crippen LogP contribution in [0, 0.1) is 0 Å². The maximum Gasteiger partial charge on any atom is 0.217 e. The number of rotatable bonds is 10. The van der Waals surface area contributed by atoms with E-state index in [4.69, 9.17) is 23.7 Å². The van der Waals surface area contributed by atoms with Crippen molar-refractivity contribution in [3.8, 4) is 0 Å². The zero-order chi connectivity index (χ0) is 32.2. The number of nitrogens with one attached hydrogen (secondary N) is 3. The highest BCUT2D eigenvalue weighted by molar-refractivity contribution is 5.74. The highest BCUT2D eigenvalue weighted by Crippen LogP contribution is 2.32. The molecule has 1 unspecified atom stereocenters. The molecule has 0 aromatic rings. The Morgan fingerprint density at radius 3 is 1.37 bits per heavy atom. The third kappa shape index (κ3) is 8.14. The highest BCUT2D eigenvalue weighted by Gasteiger charge is 2.54. The largest absolute Gasteiger partial charge is 0.394 e. The number of carbonyl (C=O) groups excluding carboxylic acids is 3. The van der Waals surface area contributed by atoms with E-state index in [1.54, 1.807) is 0 Å². The Kier molecular flexibility index (Phi) is 12.5. The maximum absolute atomic E-state index is 12.1. The van der Waals surface area contributed by atoms with Crippen molar-refractivity contribution in [2.24, 2.45) is 0 Å². The van der Waals surface area contributed by atoms with E-state index in [2.05, 4.69) is 16.0 Å². The predicted octanol–water partition coefficient (Wildman–Crippen LogP) is -7.14. The van der Waals surface area contributed by atoms with Gasteiger partial charge < -0.3 is 80.5 Å². The molecule has 0 aromatic heterocycles. The van der Waals surface area contributed by atoms with Crippen LogP contribution in [0.2, 0.25) is 0 Å². The molecule has 3 rings (SSSR count). The van der Waals surface area contributed by atoms with Crippen LogP contribution in [0.5, 0.6) is 0 Å². The molecule has 3 heterocycles. The molecule has 0 aromatic carbocycles. The van der Waals surface area contributed by atoms with Crippen LogP contribution in [-0.2, 0) is 38.1 Å². The molecule has 0 aliphatic carbocycles. The van der Waals surface area contributed by atoms with Gasteiger partial charge in [0.1, 0.15) is 73.1 Å². The maximum atomic E-state index is 12.1. The average molecular weight is 628 g/mol. The molecule has 3 saturated heterocycles. The number of hydrogen-bond donors (Lipinski definition) is 11. The van der Waals surface area contributed by atoms with Crippen molar-refractivity contribution in [3.63, 3.8) is 0 Å². The lowest BCUT2D eigenvalue weighted by molar-refractivity contribution is -0.351. The summed E-state index contributed by atoms with van der Waals surface area (Å²) in [6.45, 7) is 0.995. The first-order chi connectivity index (χ1) is 20.2. The summed E-state index contributed by atoms with van der Waals surface area (Å²) >= 11 is 0. The molecule has 248 valence electrons. The Morgan fingerprint density at radius 1 is 0.558 bits per heavy atom. The number of aliphatic hydroxyl groups excluding tert-OH is 8. The summed E-state index contributed by atoms with van der Waals surface area (Å²) in [5.74, 6) is -1.96. The van der Waals surface area contributed by atoms with E-state index in [9.17, 15) is 55.2 Å². The summed E-state index contributed by atoms with van der Waals surface area (Å²) in [7, 11) is 0. The first kappa shape index (κ1) is 35.4. The van der Waals surface area contributed by atoms with Crippen LogP contribution in [0.4, 0.5) is 0 Å². The van der Waals surface area contributed by atoms with Crippen molar-refractivity contribution in [1.82, 2.24) is 16.0 Å². The molecule has 19 nitrogen and oxygen atoms in total. The summed E-state index contributed by atoms with van der Waals surface area (Å²) in [6.07, 6.45) is -19.0. The molecule has 3 aliphatic heterocycles. The first-order valence-corrected chi connectivity index (χ1v) is 13.5. The minimum Gasteiger partial charge on any atom is -0.394 e. The summed E-state index contributed by atoms with van der Waals surface area (Å²) in [6, 6.07) is -4.31. The van der Waals surface area contributed by atoms with Gasteiger partial charge in [-0.1, -0.05) is 0 Å². The summed E-state index contributed by atoms with van der Waals surface area (Å²) in [5.41, 5.74) is 0. The number of ether oxygens (including phenoxy) is 5. The van der Waals surface area contributed by atoms with Crippen LogP contribution in [0.3, 0.4) is 0 Å². The van der Waals surface area contributed by atoms with E-state index in [-0.39, 0.29) is 0 Å². The second-order valence-electron chi connectivity index (χ2n) is 10.5. The fraction of sp³-hybridized carbons (Fsp3) is 0.875. The SMILES string of the molecule is CC(=O)N[C@H]1[C@H](O[C@H]2[C@H](O)[C@@H](NC(C)=O)C(O)O[C@@H]2CO)O[C@H](CO)[C@@H](O[C@@H]2O[C@H](CO)[C@@H](O)[C@H](O)[C@H]2NC(C)=O)[C@@H]1O. The lowest BCUT2D eigenvalue weighted by Gasteiger charge is -2.49. The fourth-order valence-electron chi connectivity index (χ4n) is 5.28. The molecule has 0 spiro atoms. The Balaban J connectivity index is 1.89. The normalized spacial score (nSPS) is 43.5. The Morgan fingerprint density at radius 2 is 0.930 bits per heavy atom. The van der Waals surface area contributed by atoms with E-state index >= 15 is 0 Å². The van der Waals surface area contributed by atoms with Gasteiger partial charge in [0.25, 0.3) is 0 Å². The molecule has 0 radical (unpaired) electrons. The van der Waals surface area contributed by atoms with Gasteiger partial charge in [0.2, 0.25) is 17.7 Å². The van der Waals surface area contributed by atoms with Crippen LogP contribution >= 0.6 is 0 Å². The van der Waals surface area contributed by atoms with Crippen LogP contribution in [0.1, 0.15) is 20.8 Å². The standard InChI is InChI=1S/C24H41N3O16/c1-7(31)25-13-18(36)20(11(5-29)39-22(13)38)42-24-15(27-9(3)33)19(37)21(12(6-30)41-24)43-23-14(26-8(2)32)17(35)16(34)10(4-28)40-23/h10-24,28-30,34-38H,4-6H2,1-3H3,(H,25,31)(H,26,32)(H,27,33)/t10-,11-,12-,13-,14-,15-,16-,17-,18-,19-,20-,21-,22?,23+,24+/m1/s1. The van der Waals surface area contributed by atoms with Gasteiger partial charge in [0.05, 0.1) is 19.8 Å². The molecule has 0 saturated carbocycles. The van der Waals surface area contributed by atoms with E-state index in [0.717, 1.165) is 20.8 Å². The Bertz CT molecular complexity index is 962. The van der Waals surface area contributed by atoms with Gasteiger partial charge >= 0.3 is 0 Å². The van der Waals surface area contributed by atoms with Gasteiger partial charge in [0.15, 0.2) is 18.9 Å². The molecule has 19 heteroatoms. The molecular formula is C24H41N3O16. The highest BCUT2D eigenvalue weighted by atomic mass is 16.7. The average Bonchev–Trinajstić information content (AvgIpc) is 2.94. The fourth-order valence-corrected chi connectivity index (χ4v) is 5.28. The lowest BCUT2D eigenvalue weighted by Crippen LogP contribution is -2.71. The topological polar surface area (TPSA) is 295 Å². The quantitative estimate of drug-likeness (QED) is 0.107. The van der Waals surface area contributed by atoms with E-state index in [1.807, 2.05) is 0 Å². The number of amides is 3. The van der Waals surface area contributed by atoms with Gasteiger partial charge in [-0.25, -0.2) is 0 Å². The number of hydrogen-bond acceptors (Lipinski definition) is 16. The molecule has 0 bridgehead atoms. The molecule has 3 aliphatic rings. The predicted molar refractivity (Wildman–Crippen MR) is 136 cm³/mol. The molecule has 3 amide bonds. The number of aliphatic hydroxyl groups is 8. The van der Waals surface area contributed by atoms with Crippen molar-refractivity contribution in [3.05, 3.63) is 0 Å². The Labute approximate surface area is 245 Å². The molecule has 11 N–H and O–H groups in total. The van der Waals surface area contributed by atoms with E-state index in [1.165, 1.54) is 0 Å². The van der Waals surface area contributed by atoms with Crippen molar-refractivity contribution >= 4 is 17.7 Å². The van der Waals surface area contributed by atoms with Crippen LogP contribution < -0.4 is 16.0 Å². The summed E-state index contributed by atoms with van der Waals surface area (Å²) < 4.78 is 28.3. The summed E-state index contributed by atoms with van der Waals surface area (Å²) in [5, 5.41) is 90.0. The number of carbonyl (C=O) groups is 3. The zero-order valence-electron chi connectivity index (χ0n) is 23.6. The monoisotopic (exact) mass is 627 g/mol. The van der Waals surface area contributed by atoms with Gasteiger partial charge in [-0.3, -0.25) is 14.4 Å². The summed E-state index contributed by atoms with van der Waals surface area (Å²) in [4.78, 5) is 35.5. The third-order valence-electron chi connectivity index (χ3n) is 7.30. The second-order valence-corrected chi connectivity index (χ2v) is 10.5. The van der Waals surface area contributed by atoms with Crippen molar-refractivity contribution in [1.29, 1.82) is 0 Å². The van der Waals surface area contributed by atoms with E-state index < -0.39 is 129 Å².